The molecule has 17 heavy (non-hydrogen) atoms. The highest BCUT2D eigenvalue weighted by atomic mass is 16.5. The Morgan fingerprint density at radius 2 is 2.12 bits per heavy atom. The molecule has 1 aromatic rings. The third kappa shape index (κ3) is 4.11. The molecular weight excluding hydrogens is 214 g/mol. The summed E-state index contributed by atoms with van der Waals surface area (Å²) in [7, 11) is 0. The lowest BCUT2D eigenvalue weighted by Gasteiger charge is -2.24. The van der Waals surface area contributed by atoms with Gasteiger partial charge in [0.1, 0.15) is 0 Å². The smallest absolute Gasteiger partial charge is 0.0558 e. The minimum atomic E-state index is 0.223. The first-order chi connectivity index (χ1) is 8.38. The van der Waals surface area contributed by atoms with Gasteiger partial charge in [0.25, 0.3) is 0 Å². The molecule has 1 N–H and O–H groups in total. The summed E-state index contributed by atoms with van der Waals surface area (Å²) in [5.41, 5.74) is 1.31. The molecule has 0 aliphatic carbocycles. The lowest BCUT2D eigenvalue weighted by Crippen LogP contribution is -2.32. The first-order valence-corrected chi connectivity index (χ1v) is 6.33. The SMILES string of the molecule is OCCN(Cc1ccccc1)CC1CCOC1. The summed E-state index contributed by atoms with van der Waals surface area (Å²) in [4.78, 5) is 2.31. The molecule has 0 radical (unpaired) electrons. The van der Waals surface area contributed by atoms with E-state index in [-0.39, 0.29) is 6.61 Å². The van der Waals surface area contributed by atoms with Crippen molar-refractivity contribution in [3.63, 3.8) is 0 Å². The highest BCUT2D eigenvalue weighted by Gasteiger charge is 2.18. The summed E-state index contributed by atoms with van der Waals surface area (Å²) >= 11 is 0. The molecule has 94 valence electrons. The third-order valence-electron chi connectivity index (χ3n) is 3.21. The molecule has 0 spiro atoms. The van der Waals surface area contributed by atoms with E-state index in [0.29, 0.717) is 5.92 Å². The average molecular weight is 235 g/mol. The van der Waals surface area contributed by atoms with Gasteiger partial charge >= 0.3 is 0 Å². The minimum Gasteiger partial charge on any atom is -0.395 e. The van der Waals surface area contributed by atoms with Crippen molar-refractivity contribution in [3.8, 4) is 0 Å². The number of ether oxygens (including phenoxy) is 1. The predicted molar refractivity (Wildman–Crippen MR) is 67.7 cm³/mol. The number of rotatable bonds is 6. The molecule has 2 rings (SSSR count). The largest absolute Gasteiger partial charge is 0.395 e. The van der Waals surface area contributed by atoms with E-state index in [1.165, 1.54) is 5.56 Å². The Morgan fingerprint density at radius 1 is 1.29 bits per heavy atom. The quantitative estimate of drug-likeness (QED) is 0.811. The highest BCUT2D eigenvalue weighted by molar-refractivity contribution is 5.14. The van der Waals surface area contributed by atoms with E-state index in [1.54, 1.807) is 0 Å². The van der Waals surface area contributed by atoms with Crippen LogP contribution in [0.15, 0.2) is 30.3 Å². The Balaban J connectivity index is 1.87. The van der Waals surface area contributed by atoms with Crippen LogP contribution in [-0.4, -0.2) is 42.9 Å². The van der Waals surface area contributed by atoms with Gasteiger partial charge in [-0.2, -0.15) is 0 Å². The van der Waals surface area contributed by atoms with Crippen LogP contribution in [0.2, 0.25) is 0 Å². The molecule has 0 aromatic heterocycles. The Bertz CT molecular complexity index is 309. The van der Waals surface area contributed by atoms with Crippen LogP contribution in [0.1, 0.15) is 12.0 Å². The topological polar surface area (TPSA) is 32.7 Å². The van der Waals surface area contributed by atoms with Crippen molar-refractivity contribution in [1.82, 2.24) is 4.90 Å². The van der Waals surface area contributed by atoms with E-state index in [2.05, 4.69) is 29.2 Å². The molecule has 1 atom stereocenters. The number of hydrogen-bond donors (Lipinski definition) is 1. The fourth-order valence-corrected chi connectivity index (χ4v) is 2.31. The van der Waals surface area contributed by atoms with E-state index in [0.717, 1.165) is 39.3 Å². The summed E-state index contributed by atoms with van der Waals surface area (Å²) in [6.45, 7) is 4.67. The van der Waals surface area contributed by atoms with Crippen LogP contribution >= 0.6 is 0 Å². The zero-order valence-corrected chi connectivity index (χ0v) is 10.2. The van der Waals surface area contributed by atoms with Crippen molar-refractivity contribution in [1.29, 1.82) is 0 Å². The fourth-order valence-electron chi connectivity index (χ4n) is 2.31. The third-order valence-corrected chi connectivity index (χ3v) is 3.21. The Labute approximate surface area is 103 Å². The van der Waals surface area contributed by atoms with Gasteiger partial charge in [-0.1, -0.05) is 30.3 Å². The summed E-state index contributed by atoms with van der Waals surface area (Å²) in [5.74, 6) is 0.630. The lowest BCUT2D eigenvalue weighted by molar-refractivity contribution is 0.147. The maximum absolute atomic E-state index is 9.12. The molecule has 0 saturated carbocycles. The molecule has 1 aliphatic rings. The van der Waals surface area contributed by atoms with Gasteiger partial charge in [-0.05, 0) is 17.9 Å². The van der Waals surface area contributed by atoms with Crippen LogP contribution in [0.25, 0.3) is 0 Å². The van der Waals surface area contributed by atoms with Gasteiger partial charge in [0, 0.05) is 26.2 Å². The van der Waals surface area contributed by atoms with Crippen LogP contribution in [0.5, 0.6) is 0 Å². The molecular formula is C14H21NO2. The van der Waals surface area contributed by atoms with Gasteiger partial charge < -0.3 is 9.84 Å². The van der Waals surface area contributed by atoms with Crippen LogP contribution in [-0.2, 0) is 11.3 Å². The summed E-state index contributed by atoms with van der Waals surface area (Å²) in [6, 6.07) is 10.4. The van der Waals surface area contributed by atoms with Crippen molar-refractivity contribution in [2.75, 3.05) is 32.9 Å². The zero-order chi connectivity index (χ0) is 11.9. The van der Waals surface area contributed by atoms with Gasteiger partial charge in [0.15, 0.2) is 0 Å². The number of aliphatic hydroxyl groups excluding tert-OH is 1. The van der Waals surface area contributed by atoms with E-state index >= 15 is 0 Å². The average Bonchev–Trinajstić information content (AvgIpc) is 2.83. The Hall–Kier alpha value is -0.900. The second kappa shape index (κ2) is 6.74. The van der Waals surface area contributed by atoms with Crippen molar-refractivity contribution >= 4 is 0 Å². The van der Waals surface area contributed by atoms with Gasteiger partial charge in [-0.3, -0.25) is 4.90 Å². The molecule has 1 unspecified atom stereocenters. The monoisotopic (exact) mass is 235 g/mol. The van der Waals surface area contributed by atoms with Gasteiger partial charge in [0.2, 0.25) is 0 Å². The molecule has 1 heterocycles. The molecule has 0 bridgehead atoms. The molecule has 1 aliphatic heterocycles. The summed E-state index contributed by atoms with van der Waals surface area (Å²) in [6.07, 6.45) is 1.15. The van der Waals surface area contributed by atoms with Crippen LogP contribution in [0, 0.1) is 5.92 Å². The van der Waals surface area contributed by atoms with Crippen molar-refractivity contribution in [3.05, 3.63) is 35.9 Å². The number of benzene rings is 1. The number of aliphatic hydroxyl groups is 1. The van der Waals surface area contributed by atoms with E-state index in [4.69, 9.17) is 9.84 Å². The fraction of sp³-hybridized carbons (Fsp3) is 0.571. The standard InChI is InChI=1S/C14H21NO2/c16-8-7-15(11-14-6-9-17-12-14)10-13-4-2-1-3-5-13/h1-5,14,16H,6-12H2. The minimum absolute atomic E-state index is 0.223. The Morgan fingerprint density at radius 3 is 2.76 bits per heavy atom. The van der Waals surface area contributed by atoms with E-state index in [1.807, 2.05) is 6.07 Å². The maximum Gasteiger partial charge on any atom is 0.0558 e. The van der Waals surface area contributed by atoms with Crippen molar-refractivity contribution in [2.24, 2.45) is 5.92 Å². The first-order valence-electron chi connectivity index (χ1n) is 6.33. The maximum atomic E-state index is 9.12. The molecule has 3 heteroatoms. The zero-order valence-electron chi connectivity index (χ0n) is 10.2. The number of hydrogen-bond acceptors (Lipinski definition) is 3. The normalized spacial score (nSPS) is 20.0. The first kappa shape index (κ1) is 12.6. The molecule has 1 aromatic carbocycles. The summed E-state index contributed by atoms with van der Waals surface area (Å²) < 4.78 is 5.40. The van der Waals surface area contributed by atoms with Crippen LogP contribution in [0.3, 0.4) is 0 Å². The second-order valence-electron chi connectivity index (χ2n) is 4.67. The lowest BCUT2D eigenvalue weighted by atomic mass is 10.1. The van der Waals surface area contributed by atoms with Gasteiger partial charge in [0.05, 0.1) is 13.2 Å². The van der Waals surface area contributed by atoms with E-state index in [9.17, 15) is 0 Å². The highest BCUT2D eigenvalue weighted by Crippen LogP contribution is 2.15. The van der Waals surface area contributed by atoms with Crippen molar-refractivity contribution in [2.45, 2.75) is 13.0 Å². The van der Waals surface area contributed by atoms with Crippen LogP contribution in [0.4, 0.5) is 0 Å². The summed E-state index contributed by atoms with van der Waals surface area (Å²) in [5, 5.41) is 9.12. The van der Waals surface area contributed by atoms with Crippen LogP contribution < -0.4 is 0 Å². The van der Waals surface area contributed by atoms with Crippen molar-refractivity contribution < 1.29 is 9.84 Å². The van der Waals surface area contributed by atoms with Gasteiger partial charge in [-0.25, -0.2) is 0 Å². The van der Waals surface area contributed by atoms with E-state index < -0.39 is 0 Å². The molecule has 1 fully saturated rings. The molecule has 3 nitrogen and oxygen atoms in total. The molecule has 1 saturated heterocycles. The number of nitrogens with zero attached hydrogens (tertiary/aromatic N) is 1. The second-order valence-corrected chi connectivity index (χ2v) is 4.67. The Kier molecular flexibility index (Phi) is 4.98. The van der Waals surface area contributed by atoms with Gasteiger partial charge in [-0.15, -0.1) is 0 Å². The predicted octanol–water partition coefficient (Wildman–Crippen LogP) is 1.52. The molecule has 0 amide bonds.